The summed E-state index contributed by atoms with van der Waals surface area (Å²) >= 11 is 0. The summed E-state index contributed by atoms with van der Waals surface area (Å²) in [6.45, 7) is 0. The van der Waals surface area contributed by atoms with Crippen LogP contribution in [-0.4, -0.2) is 16.2 Å². The molecule has 2 N–H and O–H groups in total. The van der Waals surface area contributed by atoms with Crippen LogP contribution in [0.1, 0.15) is 36.0 Å². The highest BCUT2D eigenvalue weighted by molar-refractivity contribution is 7.83. The van der Waals surface area contributed by atoms with Crippen LogP contribution >= 0.6 is 0 Å². The number of anilines is 1. The summed E-state index contributed by atoms with van der Waals surface area (Å²) in [5, 5.41) is 2.64. The van der Waals surface area contributed by atoms with Crippen molar-refractivity contribution in [2.45, 2.75) is 36.6 Å². The van der Waals surface area contributed by atoms with Gasteiger partial charge in [-0.2, -0.15) is 0 Å². The molecular formula is C18H19FN2O2S. The molecule has 1 saturated carbocycles. The molecule has 0 bridgehead atoms. The van der Waals surface area contributed by atoms with Crippen LogP contribution in [0.2, 0.25) is 0 Å². The monoisotopic (exact) mass is 346 g/mol. The zero-order chi connectivity index (χ0) is 16.9. The van der Waals surface area contributed by atoms with E-state index in [0.717, 1.165) is 25.7 Å². The van der Waals surface area contributed by atoms with Crippen LogP contribution in [0.4, 0.5) is 10.1 Å². The van der Waals surface area contributed by atoms with Crippen molar-refractivity contribution >= 4 is 22.6 Å². The van der Waals surface area contributed by atoms with Crippen LogP contribution in [0.3, 0.4) is 0 Å². The second-order valence-electron chi connectivity index (χ2n) is 5.86. The van der Waals surface area contributed by atoms with E-state index < -0.39 is 16.8 Å². The van der Waals surface area contributed by atoms with Gasteiger partial charge in [-0.05, 0) is 49.2 Å². The number of rotatable bonds is 5. The van der Waals surface area contributed by atoms with Crippen LogP contribution in [0.15, 0.2) is 53.4 Å². The largest absolute Gasteiger partial charge is 0.322 e. The molecule has 1 aliphatic rings. The quantitative estimate of drug-likeness (QED) is 0.868. The fraction of sp³-hybridized carbons (Fsp3) is 0.278. The van der Waals surface area contributed by atoms with Gasteiger partial charge in [0.05, 0.1) is 4.90 Å². The number of amides is 1. The first-order valence-electron chi connectivity index (χ1n) is 7.97. The molecule has 0 saturated heterocycles. The molecule has 2 aromatic rings. The summed E-state index contributed by atoms with van der Waals surface area (Å²) in [5.41, 5.74) is 0.772. The lowest BCUT2D eigenvalue weighted by atomic mass is 10.2. The first-order chi connectivity index (χ1) is 11.6. The van der Waals surface area contributed by atoms with E-state index in [4.69, 9.17) is 0 Å². The van der Waals surface area contributed by atoms with Crippen LogP contribution < -0.4 is 10.0 Å². The summed E-state index contributed by atoms with van der Waals surface area (Å²) in [6.07, 6.45) is 4.38. The first kappa shape index (κ1) is 16.8. The average Bonchev–Trinajstić information content (AvgIpc) is 3.08. The predicted molar refractivity (Wildman–Crippen MR) is 92.6 cm³/mol. The number of benzene rings is 2. The predicted octanol–water partition coefficient (Wildman–Crippen LogP) is 3.63. The normalized spacial score (nSPS) is 16.0. The first-order valence-corrected chi connectivity index (χ1v) is 9.12. The van der Waals surface area contributed by atoms with Gasteiger partial charge < -0.3 is 5.32 Å². The molecule has 2 aromatic carbocycles. The number of nitrogens with one attached hydrogen (secondary N) is 2. The molecule has 0 spiro atoms. The molecule has 6 heteroatoms. The molecule has 0 radical (unpaired) electrons. The maximum atomic E-state index is 13.2. The van der Waals surface area contributed by atoms with E-state index in [-0.39, 0.29) is 11.9 Å². The number of carbonyl (C=O) groups is 1. The van der Waals surface area contributed by atoms with Crippen LogP contribution in [0.25, 0.3) is 0 Å². The Bertz CT molecular complexity index is 760. The van der Waals surface area contributed by atoms with Crippen LogP contribution in [0.5, 0.6) is 0 Å². The Hall–Kier alpha value is -2.05. The average molecular weight is 346 g/mol. The minimum atomic E-state index is -1.34. The van der Waals surface area contributed by atoms with Crippen molar-refractivity contribution in [3.63, 3.8) is 0 Å². The Morgan fingerprint density at radius 1 is 1.08 bits per heavy atom. The van der Waals surface area contributed by atoms with Gasteiger partial charge in [0.15, 0.2) is 0 Å². The summed E-state index contributed by atoms with van der Waals surface area (Å²) in [6, 6.07) is 12.7. The summed E-state index contributed by atoms with van der Waals surface area (Å²) in [5.74, 6) is -0.774. The molecule has 0 aromatic heterocycles. The highest BCUT2D eigenvalue weighted by Crippen LogP contribution is 2.20. The van der Waals surface area contributed by atoms with Crippen LogP contribution in [-0.2, 0) is 11.0 Å². The topological polar surface area (TPSA) is 58.2 Å². The van der Waals surface area contributed by atoms with E-state index >= 15 is 0 Å². The number of halogens is 1. The highest BCUT2D eigenvalue weighted by Gasteiger charge is 2.18. The van der Waals surface area contributed by atoms with Crippen LogP contribution in [0, 0.1) is 5.82 Å². The summed E-state index contributed by atoms with van der Waals surface area (Å²) < 4.78 is 28.7. The Morgan fingerprint density at radius 3 is 2.58 bits per heavy atom. The smallest absolute Gasteiger partial charge is 0.255 e. The lowest BCUT2D eigenvalue weighted by Gasteiger charge is -2.12. The zero-order valence-corrected chi connectivity index (χ0v) is 13.9. The summed E-state index contributed by atoms with van der Waals surface area (Å²) in [4.78, 5) is 12.9. The van der Waals surface area contributed by atoms with E-state index in [0.29, 0.717) is 16.1 Å². The summed E-state index contributed by atoms with van der Waals surface area (Å²) in [7, 11) is -1.34. The van der Waals surface area contributed by atoms with Crippen molar-refractivity contribution in [3.8, 4) is 0 Å². The molecule has 1 unspecified atom stereocenters. The van der Waals surface area contributed by atoms with Crippen molar-refractivity contribution < 1.29 is 13.4 Å². The third-order valence-electron chi connectivity index (χ3n) is 4.02. The van der Waals surface area contributed by atoms with Crippen molar-refractivity contribution in [3.05, 3.63) is 59.9 Å². The van der Waals surface area contributed by atoms with E-state index in [9.17, 15) is 13.4 Å². The third kappa shape index (κ3) is 4.27. The highest BCUT2D eigenvalue weighted by atomic mass is 32.2. The Labute approximate surface area is 143 Å². The van der Waals surface area contributed by atoms with E-state index in [2.05, 4.69) is 10.0 Å². The van der Waals surface area contributed by atoms with Gasteiger partial charge in [-0.1, -0.05) is 25.0 Å². The molecule has 0 heterocycles. The zero-order valence-electron chi connectivity index (χ0n) is 13.1. The SMILES string of the molecule is O=C(Nc1cccc(F)c1)c1cccc(S(=O)NC2CCCC2)c1. The van der Waals surface area contributed by atoms with Gasteiger partial charge in [0.1, 0.15) is 16.8 Å². The Balaban J connectivity index is 1.69. The lowest BCUT2D eigenvalue weighted by molar-refractivity contribution is 0.102. The lowest BCUT2D eigenvalue weighted by Crippen LogP contribution is -2.28. The molecule has 1 atom stereocenters. The number of carbonyl (C=O) groups excluding carboxylic acids is 1. The molecule has 1 fully saturated rings. The van der Waals surface area contributed by atoms with Gasteiger partial charge in [-0.3, -0.25) is 4.79 Å². The molecule has 0 aliphatic heterocycles. The molecular weight excluding hydrogens is 327 g/mol. The van der Waals surface area contributed by atoms with Crippen molar-refractivity contribution in [1.82, 2.24) is 4.72 Å². The minimum Gasteiger partial charge on any atom is -0.322 e. The minimum absolute atomic E-state index is 0.274. The van der Waals surface area contributed by atoms with Crippen molar-refractivity contribution in [2.75, 3.05) is 5.32 Å². The van der Waals surface area contributed by atoms with Gasteiger partial charge >= 0.3 is 0 Å². The van der Waals surface area contributed by atoms with Gasteiger partial charge in [0.2, 0.25) is 0 Å². The van der Waals surface area contributed by atoms with Gasteiger partial charge in [-0.25, -0.2) is 13.3 Å². The molecule has 4 nitrogen and oxygen atoms in total. The number of hydrogen-bond acceptors (Lipinski definition) is 2. The third-order valence-corrected chi connectivity index (χ3v) is 5.25. The second-order valence-corrected chi connectivity index (χ2v) is 7.10. The van der Waals surface area contributed by atoms with Gasteiger partial charge in [0, 0.05) is 17.3 Å². The van der Waals surface area contributed by atoms with E-state index in [1.54, 1.807) is 30.3 Å². The van der Waals surface area contributed by atoms with E-state index in [1.165, 1.54) is 18.2 Å². The fourth-order valence-electron chi connectivity index (χ4n) is 2.79. The van der Waals surface area contributed by atoms with Crippen molar-refractivity contribution in [1.29, 1.82) is 0 Å². The Morgan fingerprint density at radius 2 is 1.83 bits per heavy atom. The molecule has 3 rings (SSSR count). The maximum absolute atomic E-state index is 13.2. The molecule has 1 amide bonds. The van der Waals surface area contributed by atoms with Crippen molar-refractivity contribution in [2.24, 2.45) is 0 Å². The molecule has 24 heavy (non-hydrogen) atoms. The standard InChI is InChI=1S/C18H19FN2O2S/c19-14-6-4-9-16(12-14)20-18(22)13-5-3-10-17(11-13)24(23)21-15-7-1-2-8-15/h3-6,9-12,15,21H,1-2,7-8H2,(H,20,22). The molecule has 1 aliphatic carbocycles. The van der Waals surface area contributed by atoms with Gasteiger partial charge in [0.25, 0.3) is 5.91 Å². The van der Waals surface area contributed by atoms with Gasteiger partial charge in [-0.15, -0.1) is 0 Å². The second kappa shape index (κ2) is 7.68. The maximum Gasteiger partial charge on any atom is 0.255 e. The van der Waals surface area contributed by atoms with E-state index in [1.807, 2.05) is 0 Å². The molecule has 126 valence electrons. The number of hydrogen-bond donors (Lipinski definition) is 2. The Kier molecular flexibility index (Phi) is 5.37. The fourth-order valence-corrected chi connectivity index (χ4v) is 3.90.